The lowest BCUT2D eigenvalue weighted by Gasteiger charge is -2.10. The number of carbonyl (C=O) groups is 1. The number of carbonyl (C=O) groups excluding carboxylic acids is 1. The van der Waals surface area contributed by atoms with Gasteiger partial charge in [-0.15, -0.1) is 0 Å². The van der Waals surface area contributed by atoms with Gasteiger partial charge in [0.2, 0.25) is 5.91 Å². The fourth-order valence-electron chi connectivity index (χ4n) is 1.40. The van der Waals surface area contributed by atoms with Gasteiger partial charge >= 0.3 is 0 Å². The lowest BCUT2D eigenvalue weighted by molar-refractivity contribution is -0.119. The highest BCUT2D eigenvalue weighted by Crippen LogP contribution is 2.17. The Morgan fingerprint density at radius 3 is 2.68 bits per heavy atom. The maximum absolute atomic E-state index is 11.4. The smallest absolute Gasteiger partial charge is 0.269 e. The molecular formula is C11H17N3O4S. The number of nitrogens with two attached hydrogens (primary N) is 2. The summed E-state index contributed by atoms with van der Waals surface area (Å²) < 4.78 is 27.2. The second-order valence-electron chi connectivity index (χ2n) is 3.99. The van der Waals surface area contributed by atoms with Crippen LogP contribution in [0.4, 0.5) is 11.4 Å². The van der Waals surface area contributed by atoms with Gasteiger partial charge < -0.3 is 16.8 Å². The number of benzene rings is 1. The third kappa shape index (κ3) is 5.58. The summed E-state index contributed by atoms with van der Waals surface area (Å²) in [6.45, 7) is 1.38. The zero-order chi connectivity index (χ0) is 14.5. The van der Waals surface area contributed by atoms with E-state index in [1.54, 1.807) is 18.2 Å². The Morgan fingerprint density at radius 1 is 1.42 bits per heavy atom. The van der Waals surface area contributed by atoms with E-state index in [9.17, 15) is 13.2 Å². The van der Waals surface area contributed by atoms with Crippen LogP contribution in [-0.4, -0.2) is 33.2 Å². The van der Waals surface area contributed by atoms with Crippen LogP contribution in [0, 0.1) is 6.92 Å². The molecule has 1 aromatic rings. The van der Waals surface area contributed by atoms with E-state index in [1.165, 1.54) is 0 Å². The van der Waals surface area contributed by atoms with Crippen molar-refractivity contribution in [2.75, 3.05) is 30.0 Å². The molecule has 0 saturated heterocycles. The van der Waals surface area contributed by atoms with Gasteiger partial charge in [0.05, 0.1) is 5.75 Å². The van der Waals surface area contributed by atoms with Crippen LogP contribution in [0.25, 0.3) is 0 Å². The fraction of sp³-hybridized carbons (Fsp3) is 0.364. The Kier molecular flexibility index (Phi) is 5.13. The number of aryl methyl sites for hydroxylation is 1. The van der Waals surface area contributed by atoms with Crippen LogP contribution in [0.5, 0.6) is 0 Å². The van der Waals surface area contributed by atoms with Crippen LogP contribution < -0.4 is 16.8 Å². The zero-order valence-electron chi connectivity index (χ0n) is 10.5. The van der Waals surface area contributed by atoms with Crippen molar-refractivity contribution < 1.29 is 17.4 Å². The molecule has 8 heteroatoms. The van der Waals surface area contributed by atoms with Crippen LogP contribution in [-0.2, 0) is 19.1 Å². The second-order valence-corrected chi connectivity index (χ2v) is 5.75. The van der Waals surface area contributed by atoms with Gasteiger partial charge in [-0.05, 0) is 30.7 Å². The van der Waals surface area contributed by atoms with Crippen molar-refractivity contribution in [3.05, 3.63) is 23.8 Å². The minimum Gasteiger partial charge on any atom is -0.399 e. The number of rotatable bonds is 7. The number of hydrogen-bond donors (Lipinski definition) is 3. The summed E-state index contributed by atoms with van der Waals surface area (Å²) >= 11 is 0. The van der Waals surface area contributed by atoms with E-state index in [0.29, 0.717) is 5.69 Å². The third-order valence-corrected chi connectivity index (χ3v) is 3.48. The number of hydrogen-bond acceptors (Lipinski definition) is 6. The highest BCUT2D eigenvalue weighted by molar-refractivity contribution is 7.86. The summed E-state index contributed by atoms with van der Waals surface area (Å²) in [6, 6.07) is 5.26. The van der Waals surface area contributed by atoms with E-state index in [-0.39, 0.29) is 12.3 Å². The number of amides is 1. The number of nitrogen functional groups attached to an aromatic ring is 1. The molecule has 0 heterocycles. The van der Waals surface area contributed by atoms with Crippen LogP contribution in [0.15, 0.2) is 18.2 Å². The average Bonchev–Trinajstić information content (AvgIpc) is 2.29. The summed E-state index contributed by atoms with van der Waals surface area (Å²) in [5.41, 5.74) is 12.7. The van der Waals surface area contributed by atoms with Gasteiger partial charge in [-0.2, -0.15) is 8.42 Å². The van der Waals surface area contributed by atoms with Gasteiger partial charge in [0.25, 0.3) is 10.1 Å². The Bertz CT molecular complexity index is 557. The molecule has 106 valence electrons. The SMILES string of the molecule is Cc1cc(N)ccc1NCCS(=O)(=O)OCC(N)=O. The van der Waals surface area contributed by atoms with E-state index in [1.807, 2.05) is 6.92 Å². The molecule has 0 bridgehead atoms. The molecule has 0 unspecified atom stereocenters. The molecule has 0 aliphatic rings. The van der Waals surface area contributed by atoms with E-state index in [0.717, 1.165) is 11.3 Å². The predicted molar refractivity (Wildman–Crippen MR) is 73.0 cm³/mol. The van der Waals surface area contributed by atoms with Crippen molar-refractivity contribution >= 4 is 27.4 Å². The summed E-state index contributed by atoms with van der Waals surface area (Å²) in [5, 5.41) is 2.95. The molecule has 0 fully saturated rings. The second kappa shape index (κ2) is 6.39. The van der Waals surface area contributed by atoms with Crippen LogP contribution in [0.2, 0.25) is 0 Å². The molecule has 0 aliphatic carbocycles. The van der Waals surface area contributed by atoms with Crippen molar-refractivity contribution in [2.24, 2.45) is 5.73 Å². The average molecular weight is 287 g/mol. The Labute approximate surface area is 112 Å². The highest BCUT2D eigenvalue weighted by Gasteiger charge is 2.12. The molecule has 0 atom stereocenters. The Morgan fingerprint density at radius 2 is 2.11 bits per heavy atom. The van der Waals surface area contributed by atoms with Crippen LogP contribution in [0.1, 0.15) is 5.56 Å². The van der Waals surface area contributed by atoms with Gasteiger partial charge in [-0.3, -0.25) is 8.98 Å². The lowest BCUT2D eigenvalue weighted by atomic mass is 10.2. The van der Waals surface area contributed by atoms with E-state index >= 15 is 0 Å². The monoisotopic (exact) mass is 287 g/mol. The summed E-state index contributed by atoms with van der Waals surface area (Å²) in [5.74, 6) is -1.09. The fourth-order valence-corrected chi connectivity index (χ4v) is 2.17. The molecule has 0 aliphatic heterocycles. The standard InChI is InChI=1S/C11H17N3O4S/c1-8-6-9(12)2-3-10(8)14-4-5-19(16,17)18-7-11(13)15/h2-3,6,14H,4-5,7,12H2,1H3,(H2,13,15). The molecule has 0 saturated carbocycles. The van der Waals surface area contributed by atoms with Gasteiger partial charge in [0.1, 0.15) is 6.61 Å². The molecule has 0 aromatic heterocycles. The summed E-state index contributed by atoms with van der Waals surface area (Å²) in [6.07, 6.45) is 0. The lowest BCUT2D eigenvalue weighted by Crippen LogP contribution is -2.24. The van der Waals surface area contributed by atoms with Crippen molar-refractivity contribution in [1.82, 2.24) is 0 Å². The first-order chi connectivity index (χ1) is 8.80. The first kappa shape index (κ1) is 15.3. The Balaban J connectivity index is 2.47. The number of anilines is 2. The molecule has 5 N–H and O–H groups in total. The van der Waals surface area contributed by atoms with E-state index in [2.05, 4.69) is 9.50 Å². The predicted octanol–water partition coefficient (Wildman–Crippen LogP) is -0.179. The van der Waals surface area contributed by atoms with Crippen LogP contribution >= 0.6 is 0 Å². The Hall–Kier alpha value is -1.80. The minimum absolute atomic E-state index is 0.159. The summed E-state index contributed by atoms with van der Waals surface area (Å²) in [7, 11) is -3.76. The quantitative estimate of drug-likeness (QED) is 0.472. The molecule has 19 heavy (non-hydrogen) atoms. The molecule has 1 aromatic carbocycles. The largest absolute Gasteiger partial charge is 0.399 e. The molecule has 1 amide bonds. The van der Waals surface area contributed by atoms with Crippen molar-refractivity contribution in [2.45, 2.75) is 6.92 Å². The first-order valence-electron chi connectivity index (χ1n) is 5.55. The molecule has 7 nitrogen and oxygen atoms in total. The van der Waals surface area contributed by atoms with E-state index in [4.69, 9.17) is 11.5 Å². The molecule has 0 spiro atoms. The topological polar surface area (TPSA) is 125 Å². The third-order valence-electron chi connectivity index (χ3n) is 2.30. The van der Waals surface area contributed by atoms with Gasteiger partial charge in [0, 0.05) is 17.9 Å². The molecule has 0 radical (unpaired) electrons. The maximum Gasteiger partial charge on any atom is 0.269 e. The number of nitrogens with one attached hydrogen (secondary N) is 1. The van der Waals surface area contributed by atoms with Gasteiger partial charge in [-0.25, -0.2) is 0 Å². The highest BCUT2D eigenvalue weighted by atomic mass is 32.2. The minimum atomic E-state index is -3.76. The van der Waals surface area contributed by atoms with Crippen LogP contribution in [0.3, 0.4) is 0 Å². The molecular weight excluding hydrogens is 270 g/mol. The van der Waals surface area contributed by atoms with E-state index < -0.39 is 22.6 Å². The van der Waals surface area contributed by atoms with Crippen molar-refractivity contribution in [3.63, 3.8) is 0 Å². The van der Waals surface area contributed by atoms with Crippen molar-refractivity contribution in [1.29, 1.82) is 0 Å². The van der Waals surface area contributed by atoms with Crippen molar-refractivity contribution in [3.8, 4) is 0 Å². The van der Waals surface area contributed by atoms with Gasteiger partial charge in [0.15, 0.2) is 0 Å². The first-order valence-corrected chi connectivity index (χ1v) is 7.13. The summed E-state index contributed by atoms with van der Waals surface area (Å²) in [4.78, 5) is 10.4. The van der Waals surface area contributed by atoms with Gasteiger partial charge in [-0.1, -0.05) is 0 Å². The zero-order valence-corrected chi connectivity index (χ0v) is 11.4. The number of primary amides is 1. The normalized spacial score (nSPS) is 11.2. The maximum atomic E-state index is 11.4. The molecule has 1 rings (SSSR count).